The summed E-state index contributed by atoms with van der Waals surface area (Å²) < 4.78 is 83.8. The Balaban J connectivity index is 1.09. The van der Waals surface area contributed by atoms with Gasteiger partial charge in [-0.1, -0.05) is 48.5 Å². The number of alkyl halides is 3. The molecule has 6 unspecified atom stereocenters. The lowest BCUT2D eigenvalue weighted by Gasteiger charge is -2.64. The number of aliphatic hydroxyl groups is 1. The molecule has 7 fully saturated rings. The Morgan fingerprint density at radius 2 is 1.72 bits per heavy atom. The summed E-state index contributed by atoms with van der Waals surface area (Å²) in [5.41, 5.74) is -5.84. The van der Waals surface area contributed by atoms with Crippen LogP contribution in [0.2, 0.25) is 0 Å². The average molecular weight is 733 g/mol. The summed E-state index contributed by atoms with van der Waals surface area (Å²) in [6.07, 6.45) is 5.18. The standard InChI is InChI=1S/C37H59F3N2O7S/c1-21(2)31(44)42-15-16-47-27(19-42)49-26-11-12-35-20-36(35)14-13-33(6)28-22(3)17-23(18-41(8)50(45,46)37(38,39)40)48-29(28)30(43)34(33,7)25(36)10-9-24(35)32(26,4)5/h21-30,43H,9-20H2,1-8H3/t22?,23?,24-,25?,26?,27-,28?,29?,30-,33+,34+,35+,36-/m0/s1. The van der Waals surface area contributed by atoms with Crippen LogP contribution in [0.15, 0.2) is 0 Å². The molecule has 5 saturated carbocycles. The lowest BCUT2D eigenvalue weighted by molar-refractivity contribution is -0.248. The Bertz CT molecular complexity index is 1480. The smallest absolute Gasteiger partial charge is 0.390 e. The van der Waals surface area contributed by atoms with Crippen LogP contribution in [0.1, 0.15) is 99.8 Å². The number of aliphatic hydroxyl groups excluding tert-OH is 1. The second-order valence-electron chi connectivity index (χ2n) is 18.7. The number of carbonyl (C=O) groups excluding carboxylic acids is 1. The molecule has 13 heteroatoms. The van der Waals surface area contributed by atoms with Crippen LogP contribution in [0.5, 0.6) is 0 Å². The molecule has 5 aliphatic carbocycles. The fourth-order valence-electron chi connectivity index (χ4n) is 13.8. The zero-order chi connectivity index (χ0) is 36.6. The van der Waals surface area contributed by atoms with Gasteiger partial charge in [-0.2, -0.15) is 17.5 Å². The van der Waals surface area contributed by atoms with E-state index in [4.69, 9.17) is 14.2 Å². The second kappa shape index (κ2) is 11.8. The molecule has 1 amide bonds. The molecule has 1 N–H and O–H groups in total. The van der Waals surface area contributed by atoms with Crippen molar-refractivity contribution in [3.8, 4) is 0 Å². The molecule has 0 aromatic heterocycles. The average Bonchev–Trinajstić information content (AvgIpc) is 3.66. The van der Waals surface area contributed by atoms with Gasteiger partial charge in [-0.25, -0.2) is 8.42 Å². The zero-order valence-electron chi connectivity index (χ0n) is 31.1. The quantitative estimate of drug-likeness (QED) is 0.368. The highest BCUT2D eigenvalue weighted by Gasteiger charge is 2.84. The van der Waals surface area contributed by atoms with Gasteiger partial charge < -0.3 is 24.2 Å². The van der Waals surface area contributed by atoms with Gasteiger partial charge >= 0.3 is 15.5 Å². The number of amides is 1. The molecule has 50 heavy (non-hydrogen) atoms. The molecule has 0 aromatic carbocycles. The van der Waals surface area contributed by atoms with Crippen molar-refractivity contribution in [2.75, 3.05) is 33.3 Å². The van der Waals surface area contributed by atoms with Crippen molar-refractivity contribution in [3.05, 3.63) is 0 Å². The minimum Gasteiger partial charge on any atom is -0.390 e. The Kier molecular flexibility index (Phi) is 8.78. The van der Waals surface area contributed by atoms with Crippen molar-refractivity contribution >= 4 is 15.9 Å². The van der Waals surface area contributed by atoms with Crippen LogP contribution in [0.3, 0.4) is 0 Å². The number of carbonyl (C=O) groups is 1. The van der Waals surface area contributed by atoms with E-state index in [9.17, 15) is 31.5 Å². The lowest BCUT2D eigenvalue weighted by Crippen LogP contribution is -2.60. The van der Waals surface area contributed by atoms with Crippen LogP contribution in [-0.2, 0) is 29.0 Å². The Morgan fingerprint density at radius 1 is 1.06 bits per heavy atom. The molecule has 2 spiro atoms. The first kappa shape index (κ1) is 37.3. The lowest BCUT2D eigenvalue weighted by atomic mass is 9.41. The molecule has 2 saturated heterocycles. The summed E-state index contributed by atoms with van der Waals surface area (Å²) in [7, 11) is -4.52. The van der Waals surface area contributed by atoms with Crippen LogP contribution in [0.4, 0.5) is 13.2 Å². The van der Waals surface area contributed by atoms with E-state index in [2.05, 4.69) is 34.6 Å². The van der Waals surface area contributed by atoms with Crippen molar-refractivity contribution < 1.29 is 45.7 Å². The summed E-state index contributed by atoms with van der Waals surface area (Å²) in [5, 5.41) is 12.4. The van der Waals surface area contributed by atoms with E-state index in [0.29, 0.717) is 42.3 Å². The highest BCUT2D eigenvalue weighted by molar-refractivity contribution is 7.89. The summed E-state index contributed by atoms with van der Waals surface area (Å²) in [4.78, 5) is 14.6. The van der Waals surface area contributed by atoms with Gasteiger partial charge in [0.1, 0.15) is 0 Å². The van der Waals surface area contributed by atoms with E-state index in [1.807, 2.05) is 18.7 Å². The molecule has 9 nitrogen and oxygen atoms in total. The van der Waals surface area contributed by atoms with E-state index >= 15 is 0 Å². The molecule has 2 aliphatic heterocycles. The van der Waals surface area contributed by atoms with Gasteiger partial charge in [0, 0.05) is 31.5 Å². The van der Waals surface area contributed by atoms with Crippen LogP contribution >= 0.6 is 0 Å². The van der Waals surface area contributed by atoms with E-state index < -0.39 is 52.1 Å². The van der Waals surface area contributed by atoms with Crippen LogP contribution in [0.25, 0.3) is 0 Å². The number of ether oxygens (including phenoxy) is 3. The maximum absolute atomic E-state index is 13.3. The highest BCUT2D eigenvalue weighted by atomic mass is 32.2. The summed E-state index contributed by atoms with van der Waals surface area (Å²) in [5.74, 6) is 0.903. The number of hydrogen-bond donors (Lipinski definition) is 1. The molecule has 7 rings (SSSR count). The number of fused-ring (bicyclic) bond motifs is 4. The Labute approximate surface area is 296 Å². The topological polar surface area (TPSA) is 106 Å². The first-order chi connectivity index (χ1) is 23.1. The normalized spacial score (nSPS) is 48.4. The summed E-state index contributed by atoms with van der Waals surface area (Å²) >= 11 is 0. The van der Waals surface area contributed by atoms with Crippen molar-refractivity contribution in [2.24, 2.45) is 56.7 Å². The third-order valence-electron chi connectivity index (χ3n) is 16.1. The zero-order valence-corrected chi connectivity index (χ0v) is 31.9. The maximum Gasteiger partial charge on any atom is 0.511 e. The number of nitrogens with zero attached hydrogens (tertiary/aromatic N) is 2. The third-order valence-corrected chi connectivity index (χ3v) is 17.7. The van der Waals surface area contributed by atoms with Crippen molar-refractivity contribution in [3.63, 3.8) is 0 Å². The highest BCUT2D eigenvalue weighted by Crippen LogP contribution is 2.89. The molecule has 0 aromatic rings. The predicted molar refractivity (Wildman–Crippen MR) is 180 cm³/mol. The SMILES string of the molecule is CC(C)C(=O)N1CCO[C@@H](OC2CC[C@]34C[C@]35CC[C@]3(C)C6C(C)CC(CN(C)S(=O)(=O)C(F)(F)F)OC6[C@H](O)[C@@]3(C)C5CC[C@H]4C2(C)C)C1. The number of halogens is 3. The van der Waals surface area contributed by atoms with Crippen LogP contribution < -0.4 is 0 Å². The summed E-state index contributed by atoms with van der Waals surface area (Å²) in [6, 6.07) is 0. The van der Waals surface area contributed by atoms with Gasteiger partial charge in [0.2, 0.25) is 5.91 Å². The largest absolute Gasteiger partial charge is 0.511 e. The molecule has 2 heterocycles. The van der Waals surface area contributed by atoms with Crippen molar-refractivity contribution in [2.45, 2.75) is 136 Å². The van der Waals surface area contributed by atoms with E-state index in [1.54, 1.807) is 0 Å². The van der Waals surface area contributed by atoms with Gasteiger partial charge in [-0.15, -0.1) is 0 Å². The van der Waals surface area contributed by atoms with E-state index in [1.165, 1.54) is 0 Å². The van der Waals surface area contributed by atoms with Gasteiger partial charge in [-0.3, -0.25) is 4.79 Å². The van der Waals surface area contributed by atoms with Gasteiger partial charge in [0.25, 0.3) is 0 Å². The molecule has 0 radical (unpaired) electrons. The van der Waals surface area contributed by atoms with Gasteiger partial charge in [0.15, 0.2) is 6.29 Å². The molecule has 7 aliphatic rings. The number of likely N-dealkylation sites (N-methyl/N-ethyl adjacent to an activating group) is 1. The molecule has 286 valence electrons. The van der Waals surface area contributed by atoms with Crippen LogP contribution in [-0.4, -0.2) is 98.1 Å². The number of sulfonamides is 1. The van der Waals surface area contributed by atoms with Crippen LogP contribution in [0, 0.1) is 56.7 Å². The monoisotopic (exact) mass is 732 g/mol. The first-order valence-electron chi connectivity index (χ1n) is 19.0. The van der Waals surface area contributed by atoms with Crippen molar-refractivity contribution in [1.29, 1.82) is 0 Å². The fourth-order valence-corrected chi connectivity index (χ4v) is 14.5. The third kappa shape index (κ3) is 4.93. The van der Waals surface area contributed by atoms with Gasteiger partial charge in [0.05, 0.1) is 37.6 Å². The molecule has 0 bridgehead atoms. The molecular formula is C37H59F3N2O7S. The van der Waals surface area contributed by atoms with E-state index in [0.717, 1.165) is 52.0 Å². The second-order valence-corrected chi connectivity index (χ2v) is 20.8. The Hall–Kier alpha value is -0.990. The van der Waals surface area contributed by atoms with Crippen molar-refractivity contribution in [1.82, 2.24) is 9.21 Å². The maximum atomic E-state index is 13.3. The van der Waals surface area contributed by atoms with Gasteiger partial charge in [-0.05, 0) is 96.7 Å². The van der Waals surface area contributed by atoms with E-state index in [-0.39, 0.29) is 51.4 Å². The number of rotatable bonds is 6. The molecular weight excluding hydrogens is 673 g/mol. The first-order valence-corrected chi connectivity index (χ1v) is 20.4. The number of hydrogen-bond acceptors (Lipinski definition) is 7. The number of morpholine rings is 1. The summed E-state index contributed by atoms with van der Waals surface area (Å²) in [6.45, 7) is 16.4. The minimum absolute atomic E-state index is 0.0151. The Morgan fingerprint density at radius 3 is 2.38 bits per heavy atom. The predicted octanol–water partition coefficient (Wildman–Crippen LogP) is 5.81. The molecule has 13 atom stereocenters. The fraction of sp³-hybridized carbons (Fsp3) is 0.973. The minimum atomic E-state index is -5.48.